The van der Waals surface area contributed by atoms with Gasteiger partial charge in [-0.2, -0.15) is 72.9 Å². The fraction of sp³-hybridized carbons (Fsp3) is 0. The molecule has 0 atom stereocenters. The fourth-order valence-corrected chi connectivity index (χ4v) is 0.289. The molecule has 0 amide bonds. The predicted octanol–water partition coefficient (Wildman–Crippen LogP) is 2.74. The van der Waals surface area contributed by atoms with Crippen LogP contribution in [0.15, 0.2) is 54.7 Å². The number of hydrogen-bond donors (Lipinski definition) is 0. The molecule has 0 aromatic carbocycles. The molecule has 0 aliphatic heterocycles. The molecule has 63 valence electrons. The number of hydrogen-bond acceptors (Lipinski definition) is 0. The molecule has 3 aliphatic rings. The van der Waals surface area contributed by atoms with Gasteiger partial charge in [-0.25, -0.2) is 0 Å². The second-order valence-corrected chi connectivity index (χ2v) is 2.08. The van der Waals surface area contributed by atoms with Gasteiger partial charge in [0.1, 0.15) is 0 Å². The molecule has 1 heteroatoms. The van der Waals surface area contributed by atoms with E-state index in [0.29, 0.717) is 0 Å². The predicted molar refractivity (Wildman–Crippen MR) is 50.9 cm³/mol. The summed E-state index contributed by atoms with van der Waals surface area (Å²) >= 11 is 0. The molecule has 0 spiro atoms. The molecule has 1 radical (unpaired) electrons. The molecule has 0 saturated carbocycles. The Morgan fingerprint density at radius 2 is 0.615 bits per heavy atom. The summed E-state index contributed by atoms with van der Waals surface area (Å²) < 4.78 is 0. The Labute approximate surface area is 94.0 Å². The monoisotopic (exact) mass is 251 g/mol. The summed E-state index contributed by atoms with van der Waals surface area (Å²) in [4.78, 5) is 0. The summed E-state index contributed by atoms with van der Waals surface area (Å²) in [5.41, 5.74) is 0. The zero-order valence-electron chi connectivity index (χ0n) is 7.10. The minimum atomic E-state index is 0. The molecule has 13 heavy (non-hydrogen) atoms. The smallest absolute Gasteiger partial charge is 0.184 e. The standard InChI is InChI=1S/3C4H3.Mo/c3*1-2-4-3-1;/h3*1-3H;/q3*-1;+3. The molecule has 0 fully saturated rings. The molecule has 0 aromatic rings. The third-order valence-corrected chi connectivity index (χ3v) is 1.15. The molecular weight excluding hydrogens is 240 g/mol. The van der Waals surface area contributed by atoms with Crippen molar-refractivity contribution in [3.63, 3.8) is 0 Å². The van der Waals surface area contributed by atoms with Crippen molar-refractivity contribution in [3.05, 3.63) is 72.9 Å². The Morgan fingerprint density at radius 1 is 0.538 bits per heavy atom. The second-order valence-electron chi connectivity index (χ2n) is 2.08. The van der Waals surface area contributed by atoms with Crippen LogP contribution in [0.25, 0.3) is 0 Å². The summed E-state index contributed by atoms with van der Waals surface area (Å²) in [6.07, 6.45) is 25.5. The van der Waals surface area contributed by atoms with E-state index in [1.165, 1.54) is 0 Å². The summed E-state index contributed by atoms with van der Waals surface area (Å²) in [6.45, 7) is 0. The molecule has 3 rings (SSSR count). The van der Waals surface area contributed by atoms with E-state index in [0.717, 1.165) is 0 Å². The average Bonchev–Trinajstić information content (AvgIpc) is 1.41. The van der Waals surface area contributed by atoms with Crippen molar-refractivity contribution in [1.82, 2.24) is 0 Å². The van der Waals surface area contributed by atoms with E-state index >= 15 is 0 Å². The first-order valence-electron chi connectivity index (χ1n) is 3.73. The minimum absolute atomic E-state index is 0. The van der Waals surface area contributed by atoms with Crippen LogP contribution in [0.2, 0.25) is 0 Å². The Balaban J connectivity index is 0.000000160. The van der Waals surface area contributed by atoms with Crippen molar-refractivity contribution in [2.24, 2.45) is 0 Å². The van der Waals surface area contributed by atoms with Gasteiger partial charge in [0.2, 0.25) is 0 Å². The summed E-state index contributed by atoms with van der Waals surface area (Å²) in [6, 6.07) is 0. The maximum absolute atomic E-state index is 2.81. The average molecular weight is 249 g/mol. The Morgan fingerprint density at radius 3 is 0.615 bits per heavy atom. The molecule has 0 saturated heterocycles. The first-order valence-corrected chi connectivity index (χ1v) is 3.73. The van der Waals surface area contributed by atoms with E-state index in [-0.39, 0.29) is 21.1 Å². The molecule has 3 aliphatic carbocycles. The van der Waals surface area contributed by atoms with Gasteiger partial charge in [-0.1, -0.05) is 0 Å². The van der Waals surface area contributed by atoms with Crippen molar-refractivity contribution >= 4 is 0 Å². The minimum Gasteiger partial charge on any atom is -0.184 e. The van der Waals surface area contributed by atoms with Gasteiger partial charge >= 0.3 is 21.1 Å². The van der Waals surface area contributed by atoms with Crippen LogP contribution in [0.4, 0.5) is 0 Å². The molecule has 0 nitrogen and oxygen atoms in total. The van der Waals surface area contributed by atoms with Crippen LogP contribution in [0.5, 0.6) is 0 Å². The molecule has 0 aromatic heterocycles. The molecular formula is C12H9Mo. The summed E-state index contributed by atoms with van der Waals surface area (Å²) in [5, 5.41) is 0. The summed E-state index contributed by atoms with van der Waals surface area (Å²) in [7, 11) is 0. The van der Waals surface area contributed by atoms with Crippen molar-refractivity contribution in [2.45, 2.75) is 0 Å². The van der Waals surface area contributed by atoms with Crippen molar-refractivity contribution < 1.29 is 21.1 Å². The molecule has 0 heterocycles. The van der Waals surface area contributed by atoms with E-state index < -0.39 is 0 Å². The van der Waals surface area contributed by atoms with Crippen LogP contribution in [-0.4, -0.2) is 0 Å². The third-order valence-electron chi connectivity index (χ3n) is 1.15. The van der Waals surface area contributed by atoms with Crippen molar-refractivity contribution in [3.8, 4) is 0 Å². The summed E-state index contributed by atoms with van der Waals surface area (Å²) in [5.74, 6) is 0. The van der Waals surface area contributed by atoms with Gasteiger partial charge < -0.3 is 0 Å². The Hall–Kier alpha value is -0.872. The zero-order chi connectivity index (χ0) is 8.49. The van der Waals surface area contributed by atoms with Crippen molar-refractivity contribution in [2.75, 3.05) is 0 Å². The van der Waals surface area contributed by atoms with E-state index in [4.69, 9.17) is 0 Å². The van der Waals surface area contributed by atoms with Gasteiger partial charge in [0.15, 0.2) is 0 Å². The molecule has 0 unspecified atom stereocenters. The normalized spacial score (nSPS) is 14.8. The van der Waals surface area contributed by atoms with Crippen LogP contribution in [0.3, 0.4) is 0 Å². The van der Waals surface area contributed by atoms with Crippen LogP contribution >= 0.6 is 0 Å². The number of rotatable bonds is 0. The maximum Gasteiger partial charge on any atom is 3.00 e. The molecule has 0 N–H and O–H groups in total. The Kier molecular flexibility index (Phi) is 8.60. The van der Waals surface area contributed by atoms with E-state index in [1.807, 2.05) is 54.7 Å². The van der Waals surface area contributed by atoms with Gasteiger partial charge in [0.05, 0.1) is 0 Å². The number of allylic oxidation sites excluding steroid dienone is 12. The van der Waals surface area contributed by atoms with Gasteiger partial charge in [-0.05, 0) is 0 Å². The van der Waals surface area contributed by atoms with Gasteiger partial charge in [-0.3, -0.25) is 0 Å². The van der Waals surface area contributed by atoms with E-state index in [1.54, 1.807) is 0 Å². The molecule has 0 bridgehead atoms. The Bertz CT molecular complexity index is 174. The van der Waals surface area contributed by atoms with Crippen LogP contribution in [-0.2, 0) is 21.1 Å². The van der Waals surface area contributed by atoms with E-state index in [2.05, 4.69) is 18.2 Å². The first-order chi connectivity index (χ1) is 6.00. The quantitative estimate of drug-likeness (QED) is 0.457. The van der Waals surface area contributed by atoms with E-state index in [9.17, 15) is 0 Å². The second kappa shape index (κ2) is 9.22. The van der Waals surface area contributed by atoms with Crippen LogP contribution in [0.1, 0.15) is 0 Å². The third kappa shape index (κ3) is 7.49. The fourth-order valence-electron chi connectivity index (χ4n) is 0.289. The van der Waals surface area contributed by atoms with Crippen molar-refractivity contribution in [1.29, 1.82) is 0 Å². The van der Waals surface area contributed by atoms with Crippen LogP contribution < -0.4 is 0 Å². The van der Waals surface area contributed by atoms with Gasteiger partial charge in [0, 0.05) is 0 Å². The van der Waals surface area contributed by atoms with Gasteiger partial charge in [0.25, 0.3) is 0 Å². The van der Waals surface area contributed by atoms with Gasteiger partial charge in [-0.15, -0.1) is 0 Å². The first kappa shape index (κ1) is 12.1. The maximum atomic E-state index is 2.81. The van der Waals surface area contributed by atoms with Crippen LogP contribution in [0, 0.1) is 18.2 Å². The largest absolute Gasteiger partial charge is 3.00 e. The topological polar surface area (TPSA) is 0 Å². The SMILES string of the molecule is [C-]1=CC=C1.[C-]1=CC=C1.[C-]1=CC=C1.[Mo+3]. The zero-order valence-corrected chi connectivity index (χ0v) is 9.11.